The Labute approximate surface area is 158 Å². The van der Waals surface area contributed by atoms with Crippen LogP contribution in [-0.2, 0) is 30.4 Å². The third-order valence-corrected chi connectivity index (χ3v) is 3.64. The lowest BCUT2D eigenvalue weighted by atomic mass is 10.1. The minimum atomic E-state index is -1.41. The van der Waals surface area contributed by atoms with Gasteiger partial charge in [0.2, 0.25) is 17.7 Å². The fourth-order valence-corrected chi connectivity index (χ4v) is 2.20. The predicted molar refractivity (Wildman–Crippen MR) is 92.4 cm³/mol. The second kappa shape index (κ2) is 10.6. The molecule has 154 valence electrons. The Morgan fingerprint density at radius 3 is 2.25 bits per heavy atom. The van der Waals surface area contributed by atoms with Crippen molar-refractivity contribution in [3.8, 4) is 0 Å². The van der Waals surface area contributed by atoms with Gasteiger partial charge in [-0.25, -0.2) is 9.78 Å². The maximum atomic E-state index is 12.5. The van der Waals surface area contributed by atoms with Crippen molar-refractivity contribution in [3.63, 3.8) is 0 Å². The van der Waals surface area contributed by atoms with Crippen LogP contribution in [0.2, 0.25) is 0 Å². The van der Waals surface area contributed by atoms with Crippen molar-refractivity contribution in [3.05, 3.63) is 18.2 Å². The van der Waals surface area contributed by atoms with Crippen LogP contribution in [0.1, 0.15) is 25.0 Å². The quantitative estimate of drug-likeness (QED) is 0.191. The van der Waals surface area contributed by atoms with Crippen LogP contribution in [0.15, 0.2) is 12.5 Å². The Balaban J connectivity index is 2.88. The van der Waals surface area contributed by atoms with Crippen molar-refractivity contribution in [1.29, 1.82) is 0 Å². The SMILES string of the molecule is NC(=O)CC[C@H](NC(=O)[C@H](Cc1cnc[nH]1)NC(=O)[C@@H](N)CC(=O)O)C(=O)O. The fraction of sp³-hybridized carbons (Fsp3) is 0.467. The average molecular weight is 398 g/mol. The number of aromatic nitrogens is 2. The second-order valence-electron chi connectivity index (χ2n) is 5.95. The van der Waals surface area contributed by atoms with E-state index in [4.69, 9.17) is 16.6 Å². The molecule has 0 aliphatic carbocycles. The van der Waals surface area contributed by atoms with Gasteiger partial charge in [-0.05, 0) is 6.42 Å². The Morgan fingerprint density at radius 2 is 1.75 bits per heavy atom. The molecule has 0 aromatic carbocycles. The van der Waals surface area contributed by atoms with Gasteiger partial charge >= 0.3 is 11.9 Å². The van der Waals surface area contributed by atoms with Crippen LogP contribution in [0.3, 0.4) is 0 Å². The summed E-state index contributed by atoms with van der Waals surface area (Å²) in [7, 11) is 0. The second-order valence-corrected chi connectivity index (χ2v) is 5.95. The predicted octanol–water partition coefficient (Wildman–Crippen LogP) is -2.93. The molecule has 0 radical (unpaired) electrons. The molecule has 0 aliphatic rings. The number of aromatic amines is 1. The molecule has 0 bridgehead atoms. The molecule has 1 heterocycles. The highest BCUT2D eigenvalue weighted by molar-refractivity contribution is 5.93. The molecular formula is C15H22N6O7. The number of carbonyl (C=O) groups excluding carboxylic acids is 3. The number of imidazole rings is 1. The molecule has 0 saturated heterocycles. The van der Waals surface area contributed by atoms with E-state index in [1.165, 1.54) is 12.5 Å². The summed E-state index contributed by atoms with van der Waals surface area (Å²) < 4.78 is 0. The Morgan fingerprint density at radius 1 is 1.11 bits per heavy atom. The van der Waals surface area contributed by atoms with Crippen molar-refractivity contribution < 1.29 is 34.2 Å². The number of nitrogens with two attached hydrogens (primary N) is 2. The molecule has 1 rings (SSSR count). The zero-order chi connectivity index (χ0) is 21.3. The molecule has 9 N–H and O–H groups in total. The van der Waals surface area contributed by atoms with Crippen LogP contribution in [0.25, 0.3) is 0 Å². The van der Waals surface area contributed by atoms with Crippen molar-refractivity contribution in [1.82, 2.24) is 20.6 Å². The summed E-state index contributed by atoms with van der Waals surface area (Å²) in [5.74, 6) is -5.17. The van der Waals surface area contributed by atoms with E-state index in [0.717, 1.165) is 0 Å². The number of hydrogen-bond donors (Lipinski definition) is 7. The van der Waals surface area contributed by atoms with Gasteiger partial charge in [-0.15, -0.1) is 0 Å². The number of hydrogen-bond acceptors (Lipinski definition) is 7. The minimum Gasteiger partial charge on any atom is -0.481 e. The zero-order valence-corrected chi connectivity index (χ0v) is 14.8. The summed E-state index contributed by atoms with van der Waals surface area (Å²) in [6.07, 6.45) is 1.50. The number of rotatable bonds is 12. The van der Waals surface area contributed by atoms with Gasteiger partial charge in [0.1, 0.15) is 12.1 Å². The Bertz CT molecular complexity index is 720. The van der Waals surface area contributed by atoms with Gasteiger partial charge in [-0.2, -0.15) is 0 Å². The molecule has 13 heteroatoms. The van der Waals surface area contributed by atoms with Crippen LogP contribution < -0.4 is 22.1 Å². The van der Waals surface area contributed by atoms with Crippen LogP contribution in [0, 0.1) is 0 Å². The lowest BCUT2D eigenvalue weighted by Crippen LogP contribution is -2.55. The van der Waals surface area contributed by atoms with Crippen molar-refractivity contribution in [2.24, 2.45) is 11.5 Å². The molecule has 28 heavy (non-hydrogen) atoms. The summed E-state index contributed by atoms with van der Waals surface area (Å²) in [6.45, 7) is 0. The Hall–Kier alpha value is -3.48. The monoisotopic (exact) mass is 398 g/mol. The van der Waals surface area contributed by atoms with Crippen LogP contribution in [-0.4, -0.2) is 68.0 Å². The number of primary amides is 1. The molecule has 0 unspecified atom stereocenters. The molecule has 0 saturated carbocycles. The fourth-order valence-electron chi connectivity index (χ4n) is 2.20. The van der Waals surface area contributed by atoms with Crippen molar-refractivity contribution >= 4 is 29.7 Å². The number of nitrogens with one attached hydrogen (secondary N) is 3. The molecule has 13 nitrogen and oxygen atoms in total. The number of aliphatic carboxylic acids is 2. The number of H-pyrrole nitrogens is 1. The third kappa shape index (κ3) is 7.82. The van der Waals surface area contributed by atoms with E-state index in [0.29, 0.717) is 5.69 Å². The smallest absolute Gasteiger partial charge is 0.326 e. The molecule has 1 aromatic rings. The van der Waals surface area contributed by atoms with Gasteiger partial charge in [0.05, 0.1) is 18.8 Å². The number of carboxylic acids is 2. The summed E-state index contributed by atoms with van der Waals surface area (Å²) in [5, 5.41) is 22.4. The van der Waals surface area contributed by atoms with Gasteiger partial charge < -0.3 is 37.3 Å². The topological polar surface area (TPSA) is 231 Å². The molecule has 3 atom stereocenters. The van der Waals surface area contributed by atoms with Gasteiger partial charge in [0, 0.05) is 24.7 Å². The van der Waals surface area contributed by atoms with Crippen molar-refractivity contribution in [2.75, 3.05) is 0 Å². The average Bonchev–Trinajstić information content (AvgIpc) is 3.09. The van der Waals surface area contributed by atoms with E-state index in [1.54, 1.807) is 0 Å². The van der Waals surface area contributed by atoms with Crippen LogP contribution in [0.4, 0.5) is 0 Å². The van der Waals surface area contributed by atoms with E-state index in [-0.39, 0.29) is 19.3 Å². The largest absolute Gasteiger partial charge is 0.481 e. The summed E-state index contributed by atoms with van der Waals surface area (Å²) in [5.41, 5.74) is 10.9. The van der Waals surface area contributed by atoms with Crippen molar-refractivity contribution in [2.45, 2.75) is 43.8 Å². The standard InChI is InChI=1S/C15H22N6O7/c16-8(4-12(23)24)13(25)21-10(3-7-5-18-6-19-7)14(26)20-9(15(27)28)1-2-11(17)22/h5-6,8-10H,1-4,16H2,(H2,17,22)(H,18,19)(H,20,26)(H,21,25)(H,23,24)(H,27,28)/t8-,9-,10-/m0/s1. The minimum absolute atomic E-state index is 0.0838. The molecule has 0 fully saturated rings. The molecule has 0 aliphatic heterocycles. The highest BCUT2D eigenvalue weighted by Gasteiger charge is 2.29. The first-order chi connectivity index (χ1) is 13.1. The van der Waals surface area contributed by atoms with E-state index >= 15 is 0 Å². The molecular weight excluding hydrogens is 376 g/mol. The third-order valence-electron chi connectivity index (χ3n) is 3.64. The summed E-state index contributed by atoms with van der Waals surface area (Å²) in [6, 6.07) is -4.07. The highest BCUT2D eigenvalue weighted by Crippen LogP contribution is 2.03. The maximum absolute atomic E-state index is 12.5. The molecule has 0 spiro atoms. The van der Waals surface area contributed by atoms with Gasteiger partial charge in [0.25, 0.3) is 0 Å². The highest BCUT2D eigenvalue weighted by atomic mass is 16.4. The number of carboxylic acid groups (broad SMARTS) is 2. The lowest BCUT2D eigenvalue weighted by molar-refractivity contribution is -0.143. The number of carbonyl (C=O) groups is 5. The van der Waals surface area contributed by atoms with Crippen LogP contribution in [0.5, 0.6) is 0 Å². The Kier molecular flexibility index (Phi) is 8.55. The molecule has 1 aromatic heterocycles. The number of nitrogens with zero attached hydrogens (tertiary/aromatic N) is 1. The first-order valence-electron chi connectivity index (χ1n) is 8.16. The maximum Gasteiger partial charge on any atom is 0.326 e. The van der Waals surface area contributed by atoms with E-state index < -0.39 is 54.2 Å². The zero-order valence-electron chi connectivity index (χ0n) is 14.8. The van der Waals surface area contributed by atoms with Gasteiger partial charge in [-0.3, -0.25) is 19.2 Å². The first-order valence-corrected chi connectivity index (χ1v) is 8.16. The molecule has 3 amide bonds. The van der Waals surface area contributed by atoms with Crippen LogP contribution >= 0.6 is 0 Å². The lowest BCUT2D eigenvalue weighted by Gasteiger charge is -2.22. The summed E-state index contributed by atoms with van der Waals surface area (Å²) >= 11 is 0. The number of amides is 3. The summed E-state index contributed by atoms with van der Waals surface area (Å²) in [4.78, 5) is 63.9. The first kappa shape index (κ1) is 22.6. The van der Waals surface area contributed by atoms with E-state index in [9.17, 15) is 29.1 Å². The van der Waals surface area contributed by atoms with E-state index in [1.807, 2.05) is 0 Å². The van der Waals surface area contributed by atoms with Gasteiger partial charge in [0.15, 0.2) is 0 Å². The van der Waals surface area contributed by atoms with E-state index in [2.05, 4.69) is 20.6 Å². The van der Waals surface area contributed by atoms with Gasteiger partial charge in [-0.1, -0.05) is 0 Å². The normalized spacial score (nSPS) is 13.8.